The number of hydrogen-bond donors (Lipinski definition) is 3. The van der Waals surface area contributed by atoms with Crippen LogP contribution in [0.5, 0.6) is 17.2 Å². The fraction of sp³-hybridized carbons (Fsp3) is 0.280. The van der Waals surface area contributed by atoms with Gasteiger partial charge in [0.2, 0.25) is 12.4 Å². The molecular weight excluding hydrogens is 454 g/mol. The van der Waals surface area contributed by atoms with E-state index < -0.39 is 11.0 Å². The van der Waals surface area contributed by atoms with Crippen LogP contribution in [0.15, 0.2) is 54.9 Å². The third-order valence-electron chi connectivity index (χ3n) is 5.12. The molecule has 1 heterocycles. The Morgan fingerprint density at radius 3 is 2.29 bits per heavy atom. The molecule has 1 atom stereocenters. The topological polar surface area (TPSA) is 101 Å². The number of methoxy groups -OCH3 is 1. The number of carbonyl (C=O) groups excluding carboxylic acids is 1. The number of amides is 1. The summed E-state index contributed by atoms with van der Waals surface area (Å²) in [4.78, 5) is 13.2. The molecule has 0 saturated carbocycles. The molecule has 0 radical (unpaired) electrons. The number of ether oxygens (including phenoxy) is 2. The highest BCUT2D eigenvalue weighted by Gasteiger charge is 2.22. The second-order valence-electron chi connectivity index (χ2n) is 8.86. The smallest absolute Gasteiger partial charge is 0.255 e. The molecule has 8 nitrogen and oxygen atoms in total. The van der Waals surface area contributed by atoms with E-state index in [-0.39, 0.29) is 11.3 Å². The SMILES string of the molecule is COc1c(NC(=O)c2ccc(C)c(Oc3cc[n+](O)cc3)c2)cc(C(C)(C)C)cc1NS(C)=O. The summed E-state index contributed by atoms with van der Waals surface area (Å²) < 4.78 is 27.1. The fourth-order valence-electron chi connectivity index (χ4n) is 3.25. The van der Waals surface area contributed by atoms with Crippen molar-refractivity contribution in [3.63, 3.8) is 0 Å². The molecule has 1 aromatic heterocycles. The maximum Gasteiger partial charge on any atom is 0.255 e. The third-order valence-corrected chi connectivity index (χ3v) is 5.63. The minimum atomic E-state index is -1.32. The second-order valence-corrected chi connectivity index (χ2v) is 9.97. The van der Waals surface area contributed by atoms with Crippen molar-refractivity contribution in [3.05, 3.63) is 71.5 Å². The van der Waals surface area contributed by atoms with Crippen LogP contribution in [0.4, 0.5) is 11.4 Å². The number of rotatable bonds is 7. The van der Waals surface area contributed by atoms with Gasteiger partial charge in [0.15, 0.2) is 5.75 Å². The van der Waals surface area contributed by atoms with E-state index in [4.69, 9.17) is 9.47 Å². The molecule has 0 aliphatic rings. The second kappa shape index (κ2) is 10.1. The molecule has 3 aromatic rings. The Balaban J connectivity index is 1.95. The van der Waals surface area contributed by atoms with Crippen molar-refractivity contribution in [2.24, 2.45) is 0 Å². The van der Waals surface area contributed by atoms with Crippen molar-refractivity contribution in [1.29, 1.82) is 0 Å². The molecule has 1 unspecified atom stereocenters. The number of benzene rings is 2. The molecule has 3 N–H and O–H groups in total. The van der Waals surface area contributed by atoms with Gasteiger partial charge in [0, 0.05) is 28.7 Å². The predicted molar refractivity (Wildman–Crippen MR) is 132 cm³/mol. The molecule has 34 heavy (non-hydrogen) atoms. The van der Waals surface area contributed by atoms with E-state index in [1.165, 1.54) is 25.8 Å². The summed E-state index contributed by atoms with van der Waals surface area (Å²) >= 11 is 0. The van der Waals surface area contributed by atoms with Gasteiger partial charge in [-0.15, -0.1) is 0 Å². The average molecular weight is 485 g/mol. The summed E-state index contributed by atoms with van der Waals surface area (Å²) in [6.45, 7) is 8.04. The van der Waals surface area contributed by atoms with Crippen LogP contribution in [0.2, 0.25) is 0 Å². The number of nitrogens with one attached hydrogen (secondary N) is 2. The number of nitrogens with zero attached hydrogens (tertiary/aromatic N) is 1. The minimum absolute atomic E-state index is 0.218. The molecule has 1 amide bonds. The molecule has 0 bridgehead atoms. The molecule has 0 saturated heterocycles. The molecule has 9 heteroatoms. The van der Waals surface area contributed by atoms with Crippen LogP contribution >= 0.6 is 0 Å². The molecular formula is C25H30N3O5S+. The Bertz CT molecular complexity index is 1220. The van der Waals surface area contributed by atoms with Gasteiger partial charge in [-0.3, -0.25) is 10.0 Å². The number of anilines is 2. The van der Waals surface area contributed by atoms with Crippen molar-refractivity contribution in [2.75, 3.05) is 23.4 Å². The maximum absolute atomic E-state index is 13.2. The van der Waals surface area contributed by atoms with E-state index in [2.05, 4.69) is 30.8 Å². The zero-order valence-corrected chi connectivity index (χ0v) is 20.9. The largest absolute Gasteiger partial charge is 0.492 e. The van der Waals surface area contributed by atoms with E-state index in [1.807, 2.05) is 19.1 Å². The first kappa shape index (κ1) is 25.0. The standard InChI is InChI=1S/C25H29N3O5S/c1-16-7-8-17(13-22(16)33-19-9-11-28(30)12-10-19)24(29)26-20-14-18(25(2,3)4)15-21(23(20)32-5)27-34(6)31/h7-15,27H,1-6H3,(H-,26,29,30)/p+1. The Hall–Kier alpha value is -3.59. The van der Waals surface area contributed by atoms with E-state index in [9.17, 15) is 14.2 Å². The lowest BCUT2D eigenvalue weighted by molar-refractivity contribution is -0.904. The lowest BCUT2D eigenvalue weighted by Gasteiger charge is -2.24. The van der Waals surface area contributed by atoms with Crippen LogP contribution < -0.4 is 24.2 Å². The number of pyridine rings is 1. The van der Waals surface area contributed by atoms with E-state index in [1.54, 1.807) is 30.3 Å². The van der Waals surface area contributed by atoms with E-state index in [0.29, 0.717) is 34.2 Å². The van der Waals surface area contributed by atoms with Crippen molar-refractivity contribution >= 4 is 28.3 Å². The van der Waals surface area contributed by atoms with Gasteiger partial charge in [-0.05, 0) is 47.7 Å². The normalized spacial score (nSPS) is 12.1. The molecule has 0 spiro atoms. The number of carbonyl (C=O) groups is 1. The van der Waals surface area contributed by atoms with Gasteiger partial charge in [0.25, 0.3) is 5.91 Å². The monoisotopic (exact) mass is 484 g/mol. The molecule has 0 aliphatic heterocycles. The summed E-state index contributed by atoms with van der Waals surface area (Å²) in [5.74, 6) is 1.08. The van der Waals surface area contributed by atoms with Gasteiger partial charge in [0.1, 0.15) is 22.5 Å². The molecule has 180 valence electrons. The Morgan fingerprint density at radius 1 is 1.06 bits per heavy atom. The van der Waals surface area contributed by atoms with Gasteiger partial charge < -0.3 is 19.5 Å². The maximum atomic E-state index is 13.2. The highest BCUT2D eigenvalue weighted by Crippen LogP contribution is 2.39. The van der Waals surface area contributed by atoms with Crippen LogP contribution in [-0.2, 0) is 16.4 Å². The fourth-order valence-corrected chi connectivity index (χ4v) is 3.71. The summed E-state index contributed by atoms with van der Waals surface area (Å²) in [6, 6.07) is 12.1. The predicted octanol–water partition coefficient (Wildman–Crippen LogP) is 4.58. The lowest BCUT2D eigenvalue weighted by Crippen LogP contribution is -2.27. The lowest BCUT2D eigenvalue weighted by atomic mass is 9.86. The Morgan fingerprint density at radius 2 is 1.71 bits per heavy atom. The van der Waals surface area contributed by atoms with Crippen molar-refractivity contribution < 1.29 is 28.4 Å². The summed E-state index contributed by atoms with van der Waals surface area (Å²) in [5, 5.41) is 12.3. The van der Waals surface area contributed by atoms with Gasteiger partial charge in [0.05, 0.1) is 18.5 Å². The van der Waals surface area contributed by atoms with E-state index >= 15 is 0 Å². The molecule has 0 fully saturated rings. The first-order valence-corrected chi connectivity index (χ1v) is 12.2. The van der Waals surface area contributed by atoms with Gasteiger partial charge in [-0.25, -0.2) is 4.21 Å². The minimum Gasteiger partial charge on any atom is -0.492 e. The Labute approximate surface area is 202 Å². The van der Waals surface area contributed by atoms with E-state index in [0.717, 1.165) is 15.9 Å². The average Bonchev–Trinajstić information content (AvgIpc) is 2.75. The zero-order chi connectivity index (χ0) is 25.0. The number of aryl methyl sites for hydroxylation is 1. The van der Waals surface area contributed by atoms with Gasteiger partial charge >= 0.3 is 0 Å². The van der Waals surface area contributed by atoms with Crippen LogP contribution in [0, 0.1) is 6.92 Å². The Kier molecular flexibility index (Phi) is 7.46. The molecule has 0 aliphatic carbocycles. The highest BCUT2D eigenvalue weighted by atomic mass is 32.2. The van der Waals surface area contributed by atoms with Crippen LogP contribution in [0.1, 0.15) is 42.3 Å². The zero-order valence-electron chi connectivity index (χ0n) is 20.1. The van der Waals surface area contributed by atoms with Crippen LogP contribution in [0.3, 0.4) is 0 Å². The van der Waals surface area contributed by atoms with Gasteiger partial charge in [-0.2, -0.15) is 0 Å². The first-order chi connectivity index (χ1) is 16.0. The summed E-state index contributed by atoms with van der Waals surface area (Å²) in [7, 11) is 0.176. The molecule has 2 aromatic carbocycles. The van der Waals surface area contributed by atoms with Crippen LogP contribution in [0.25, 0.3) is 0 Å². The molecule has 3 rings (SSSR count). The number of hydrogen-bond acceptors (Lipinski definition) is 5. The quantitative estimate of drug-likeness (QED) is 0.337. The van der Waals surface area contributed by atoms with Crippen molar-refractivity contribution in [2.45, 2.75) is 33.1 Å². The first-order valence-electron chi connectivity index (χ1n) is 10.6. The van der Waals surface area contributed by atoms with Crippen LogP contribution in [-0.4, -0.2) is 28.7 Å². The number of aromatic nitrogens is 1. The van der Waals surface area contributed by atoms with Gasteiger partial charge in [-0.1, -0.05) is 26.8 Å². The summed E-state index contributed by atoms with van der Waals surface area (Å²) in [6.07, 6.45) is 4.43. The third kappa shape index (κ3) is 6.05. The summed E-state index contributed by atoms with van der Waals surface area (Å²) in [5.41, 5.74) is 2.96. The van der Waals surface area contributed by atoms with Crippen molar-refractivity contribution in [3.8, 4) is 17.2 Å². The highest BCUT2D eigenvalue weighted by molar-refractivity contribution is 7.85. The van der Waals surface area contributed by atoms with Crippen molar-refractivity contribution in [1.82, 2.24) is 0 Å².